The minimum atomic E-state index is -1.18. The topological polar surface area (TPSA) is 115 Å². The number of aryl methyl sites for hydroxylation is 1. The molecule has 4 aliphatic rings. The molecule has 4 heterocycles. The molecule has 0 bridgehead atoms. The van der Waals surface area contributed by atoms with E-state index < -0.39 is 16.3 Å². The maximum absolute atomic E-state index is 12.8. The van der Waals surface area contributed by atoms with Crippen molar-refractivity contribution in [1.29, 1.82) is 5.26 Å². The molecule has 10 heteroatoms. The van der Waals surface area contributed by atoms with Gasteiger partial charge in [0.2, 0.25) is 0 Å². The predicted molar refractivity (Wildman–Crippen MR) is 129 cm³/mol. The standard InChI is InChI=1S/C24H27ClN6O2S/c25-17-9-27-22(28-10-17)14-6-15-11-31(12-16(15)7-14)23-18(8-26)20(30-24(13-32)3-1-4-24)21-19(29-23)2-5-34(21)33/h9-10,14-16,32H,1-7,11-13H2,(H,29,30). The van der Waals surface area contributed by atoms with Crippen molar-refractivity contribution in [2.75, 3.05) is 35.7 Å². The molecular formula is C24H27ClN6O2S. The van der Waals surface area contributed by atoms with Crippen LogP contribution in [0.25, 0.3) is 0 Å². The summed E-state index contributed by atoms with van der Waals surface area (Å²) in [7, 11) is -1.18. The molecule has 0 spiro atoms. The van der Waals surface area contributed by atoms with Gasteiger partial charge in [-0.15, -0.1) is 0 Å². The summed E-state index contributed by atoms with van der Waals surface area (Å²) in [6.45, 7) is 1.67. The number of anilines is 2. The number of nitrogens with zero attached hydrogens (tertiary/aromatic N) is 5. The van der Waals surface area contributed by atoms with Gasteiger partial charge in [0.05, 0.1) is 44.2 Å². The first-order valence-electron chi connectivity index (χ1n) is 12.0. The number of aliphatic hydroxyl groups is 1. The van der Waals surface area contributed by atoms with Crippen LogP contribution in [-0.2, 0) is 17.2 Å². The van der Waals surface area contributed by atoms with E-state index in [-0.39, 0.29) is 6.61 Å². The molecule has 2 aliphatic carbocycles. The lowest BCUT2D eigenvalue weighted by Crippen LogP contribution is -2.48. The van der Waals surface area contributed by atoms with Crippen molar-refractivity contribution in [3.8, 4) is 6.07 Å². The first-order valence-corrected chi connectivity index (χ1v) is 13.7. The average Bonchev–Trinajstić information content (AvgIpc) is 3.49. The molecule has 0 radical (unpaired) electrons. The maximum Gasteiger partial charge on any atom is 0.149 e. The van der Waals surface area contributed by atoms with Gasteiger partial charge in [0, 0.05) is 43.6 Å². The molecule has 6 rings (SSSR count). The molecule has 3 atom stereocenters. The minimum absolute atomic E-state index is 0.00104. The third-order valence-corrected chi connectivity index (χ3v) is 9.79. The van der Waals surface area contributed by atoms with Gasteiger partial charge in [0.15, 0.2) is 0 Å². The van der Waals surface area contributed by atoms with E-state index in [0.717, 1.165) is 56.7 Å². The van der Waals surface area contributed by atoms with E-state index in [4.69, 9.17) is 16.6 Å². The Kier molecular flexibility index (Phi) is 5.51. The van der Waals surface area contributed by atoms with Crippen LogP contribution in [0.4, 0.5) is 11.5 Å². The molecule has 0 aromatic carbocycles. The zero-order chi connectivity index (χ0) is 23.4. The molecule has 3 fully saturated rings. The molecular weight excluding hydrogens is 472 g/mol. The summed E-state index contributed by atoms with van der Waals surface area (Å²) in [5.74, 6) is 3.41. The highest BCUT2D eigenvalue weighted by atomic mass is 35.5. The molecule has 2 saturated carbocycles. The molecule has 1 saturated heterocycles. The quantitative estimate of drug-likeness (QED) is 0.646. The van der Waals surface area contributed by atoms with Gasteiger partial charge in [-0.2, -0.15) is 5.26 Å². The largest absolute Gasteiger partial charge is 0.394 e. The highest BCUT2D eigenvalue weighted by Crippen LogP contribution is 2.48. The van der Waals surface area contributed by atoms with Gasteiger partial charge >= 0.3 is 0 Å². The van der Waals surface area contributed by atoms with Gasteiger partial charge in [-0.1, -0.05) is 11.6 Å². The number of halogens is 1. The SMILES string of the molecule is N#Cc1c(N2CC3CC(c4ncc(Cl)cn4)CC3C2)nc2c(c1NC1(CO)CCC1)S(=O)CC2. The highest BCUT2D eigenvalue weighted by Gasteiger charge is 2.45. The van der Waals surface area contributed by atoms with Crippen LogP contribution in [0.3, 0.4) is 0 Å². The Labute approximate surface area is 206 Å². The Morgan fingerprint density at radius 2 is 1.97 bits per heavy atom. The third kappa shape index (κ3) is 3.58. The highest BCUT2D eigenvalue weighted by molar-refractivity contribution is 7.85. The maximum atomic E-state index is 12.8. The van der Waals surface area contributed by atoms with E-state index >= 15 is 0 Å². The average molecular weight is 499 g/mol. The van der Waals surface area contributed by atoms with Crippen LogP contribution in [0.5, 0.6) is 0 Å². The van der Waals surface area contributed by atoms with Crippen molar-refractivity contribution in [2.24, 2.45) is 11.8 Å². The molecule has 2 aromatic rings. The monoisotopic (exact) mass is 498 g/mol. The zero-order valence-electron chi connectivity index (χ0n) is 18.8. The first-order chi connectivity index (χ1) is 16.5. The Morgan fingerprint density at radius 3 is 2.56 bits per heavy atom. The van der Waals surface area contributed by atoms with Gasteiger partial charge < -0.3 is 15.3 Å². The number of aromatic nitrogens is 3. The fourth-order valence-electron chi connectivity index (χ4n) is 6.17. The number of fused-ring (bicyclic) bond motifs is 2. The lowest BCUT2D eigenvalue weighted by atomic mass is 9.77. The van der Waals surface area contributed by atoms with Crippen LogP contribution in [0.2, 0.25) is 5.02 Å². The predicted octanol–water partition coefficient (Wildman–Crippen LogP) is 3.02. The zero-order valence-corrected chi connectivity index (χ0v) is 20.4. The van der Waals surface area contributed by atoms with E-state index in [0.29, 0.717) is 56.9 Å². The Balaban J connectivity index is 1.29. The van der Waals surface area contributed by atoms with Crippen LogP contribution >= 0.6 is 11.6 Å². The fourth-order valence-corrected chi connectivity index (χ4v) is 7.64. The number of pyridine rings is 1. The molecule has 2 aromatic heterocycles. The lowest BCUT2D eigenvalue weighted by Gasteiger charge is -2.42. The van der Waals surface area contributed by atoms with Gasteiger partial charge in [-0.25, -0.2) is 15.0 Å². The second-order valence-corrected chi connectivity index (χ2v) is 12.1. The van der Waals surface area contributed by atoms with Crippen molar-refractivity contribution in [3.05, 3.63) is 34.5 Å². The third-order valence-electron chi connectivity index (χ3n) is 8.13. The molecule has 178 valence electrons. The van der Waals surface area contributed by atoms with Crippen LogP contribution in [0.15, 0.2) is 17.3 Å². The second kappa shape index (κ2) is 8.43. The number of rotatable bonds is 5. The molecule has 2 aliphatic heterocycles. The second-order valence-electron chi connectivity index (χ2n) is 10.1. The van der Waals surface area contributed by atoms with Crippen molar-refractivity contribution < 1.29 is 9.32 Å². The number of nitriles is 1. The van der Waals surface area contributed by atoms with E-state index in [2.05, 4.69) is 26.3 Å². The van der Waals surface area contributed by atoms with Gasteiger partial charge in [0.25, 0.3) is 0 Å². The molecule has 2 N–H and O–H groups in total. The van der Waals surface area contributed by atoms with Crippen LogP contribution in [0.1, 0.15) is 55.1 Å². The summed E-state index contributed by atoms with van der Waals surface area (Å²) in [5.41, 5.74) is 1.49. The summed E-state index contributed by atoms with van der Waals surface area (Å²) < 4.78 is 12.8. The van der Waals surface area contributed by atoms with E-state index in [1.54, 1.807) is 12.4 Å². The Morgan fingerprint density at radius 1 is 1.26 bits per heavy atom. The normalized spacial score (nSPS) is 28.8. The number of hydrogen-bond acceptors (Lipinski definition) is 8. The summed E-state index contributed by atoms with van der Waals surface area (Å²) in [6.07, 6.45) is 8.72. The summed E-state index contributed by atoms with van der Waals surface area (Å²) in [5, 5.41) is 24.3. The molecule has 3 unspecified atom stereocenters. The molecule has 0 amide bonds. The van der Waals surface area contributed by atoms with Crippen LogP contribution < -0.4 is 10.2 Å². The summed E-state index contributed by atoms with van der Waals surface area (Å²) >= 11 is 5.95. The Bertz CT molecular complexity index is 1180. The van der Waals surface area contributed by atoms with E-state index in [9.17, 15) is 14.6 Å². The van der Waals surface area contributed by atoms with Gasteiger partial charge in [-0.3, -0.25) is 4.21 Å². The smallest absolute Gasteiger partial charge is 0.149 e. The number of hydrogen-bond donors (Lipinski definition) is 2. The van der Waals surface area contributed by atoms with Crippen molar-refractivity contribution in [2.45, 2.75) is 54.9 Å². The Hall–Kier alpha value is -2.28. The van der Waals surface area contributed by atoms with Crippen LogP contribution in [-0.4, -0.2) is 55.3 Å². The van der Waals surface area contributed by atoms with Crippen molar-refractivity contribution in [3.63, 3.8) is 0 Å². The van der Waals surface area contributed by atoms with Gasteiger partial charge in [-0.05, 0) is 43.9 Å². The summed E-state index contributed by atoms with van der Waals surface area (Å²) in [6, 6.07) is 2.38. The van der Waals surface area contributed by atoms with Crippen LogP contribution in [0, 0.1) is 23.2 Å². The molecule has 8 nitrogen and oxygen atoms in total. The first kappa shape index (κ1) is 22.2. The van der Waals surface area contributed by atoms with Crippen molar-refractivity contribution >= 4 is 33.9 Å². The van der Waals surface area contributed by atoms with E-state index in [1.807, 2.05) is 0 Å². The summed E-state index contributed by atoms with van der Waals surface area (Å²) in [4.78, 5) is 16.7. The molecule has 34 heavy (non-hydrogen) atoms. The lowest BCUT2D eigenvalue weighted by molar-refractivity contribution is 0.144. The van der Waals surface area contributed by atoms with E-state index in [1.165, 1.54) is 0 Å². The minimum Gasteiger partial charge on any atom is -0.394 e. The number of nitrogens with one attached hydrogen (secondary N) is 1. The fraction of sp³-hybridized carbons (Fsp3) is 0.583. The number of aliphatic hydroxyl groups excluding tert-OH is 1. The van der Waals surface area contributed by atoms with Crippen molar-refractivity contribution in [1.82, 2.24) is 15.0 Å². The van der Waals surface area contributed by atoms with Gasteiger partial charge in [0.1, 0.15) is 23.3 Å².